The molecule has 21 heavy (non-hydrogen) atoms. The third-order valence-corrected chi connectivity index (χ3v) is 3.03. The number of nitrogens with two attached hydrogens (primary N) is 1. The van der Waals surface area contributed by atoms with Crippen molar-refractivity contribution in [2.24, 2.45) is 0 Å². The highest BCUT2D eigenvalue weighted by Gasteiger charge is 2.05. The maximum absolute atomic E-state index is 13.7. The van der Waals surface area contributed by atoms with Gasteiger partial charge in [-0.15, -0.1) is 0 Å². The first-order chi connectivity index (χ1) is 10.2. The van der Waals surface area contributed by atoms with Crippen LogP contribution in [-0.2, 0) is 0 Å². The Morgan fingerprint density at radius 1 is 0.952 bits per heavy atom. The molecule has 0 bridgehead atoms. The summed E-state index contributed by atoms with van der Waals surface area (Å²) in [6, 6.07) is 15.6. The fourth-order valence-electron chi connectivity index (χ4n) is 1.98. The van der Waals surface area contributed by atoms with Crippen molar-refractivity contribution in [3.8, 4) is 22.6 Å². The minimum absolute atomic E-state index is 0.151. The first-order valence-electron chi connectivity index (χ1n) is 6.46. The summed E-state index contributed by atoms with van der Waals surface area (Å²) in [6.07, 6.45) is 3.51. The van der Waals surface area contributed by atoms with Crippen LogP contribution in [0.2, 0.25) is 0 Å². The van der Waals surface area contributed by atoms with Crippen LogP contribution in [0.5, 0.6) is 11.5 Å². The van der Waals surface area contributed by atoms with E-state index in [9.17, 15) is 4.39 Å². The van der Waals surface area contributed by atoms with E-state index in [4.69, 9.17) is 10.5 Å². The van der Waals surface area contributed by atoms with E-state index >= 15 is 0 Å². The molecule has 0 aliphatic heterocycles. The van der Waals surface area contributed by atoms with Gasteiger partial charge in [-0.05, 0) is 41.5 Å². The number of hydrogen-bond donors (Lipinski definition) is 1. The molecule has 0 aliphatic rings. The molecule has 4 heteroatoms. The Kier molecular flexibility index (Phi) is 3.51. The smallest absolute Gasteiger partial charge is 0.167 e. The second-order valence-electron chi connectivity index (χ2n) is 4.56. The molecule has 0 unspecified atom stereocenters. The van der Waals surface area contributed by atoms with Gasteiger partial charge in [0.1, 0.15) is 5.75 Å². The Morgan fingerprint density at radius 3 is 2.43 bits per heavy atom. The van der Waals surface area contributed by atoms with Crippen molar-refractivity contribution in [1.29, 1.82) is 0 Å². The van der Waals surface area contributed by atoms with Crippen LogP contribution in [0.15, 0.2) is 67.0 Å². The zero-order valence-electron chi connectivity index (χ0n) is 11.2. The number of anilines is 1. The predicted molar refractivity (Wildman–Crippen MR) is 80.6 cm³/mol. The average molecular weight is 280 g/mol. The Bertz CT molecular complexity index is 742. The van der Waals surface area contributed by atoms with Crippen molar-refractivity contribution in [2.45, 2.75) is 0 Å². The van der Waals surface area contributed by atoms with Crippen molar-refractivity contribution >= 4 is 5.69 Å². The fourth-order valence-corrected chi connectivity index (χ4v) is 1.98. The third-order valence-electron chi connectivity index (χ3n) is 3.03. The molecule has 3 rings (SSSR count). The molecule has 0 amide bonds. The summed E-state index contributed by atoms with van der Waals surface area (Å²) in [5, 5.41) is 0. The van der Waals surface area contributed by atoms with Crippen molar-refractivity contribution in [3.05, 3.63) is 72.8 Å². The normalized spacial score (nSPS) is 10.3. The van der Waals surface area contributed by atoms with Crippen LogP contribution in [0, 0.1) is 5.82 Å². The van der Waals surface area contributed by atoms with Gasteiger partial charge in [0.15, 0.2) is 11.6 Å². The summed E-state index contributed by atoms with van der Waals surface area (Å²) >= 11 is 0. The lowest BCUT2D eigenvalue weighted by atomic mass is 10.1. The van der Waals surface area contributed by atoms with Crippen LogP contribution in [0.1, 0.15) is 0 Å². The number of halogens is 1. The van der Waals surface area contributed by atoms with Crippen molar-refractivity contribution in [3.63, 3.8) is 0 Å². The van der Waals surface area contributed by atoms with E-state index in [1.807, 2.05) is 24.3 Å². The third kappa shape index (κ3) is 3.00. The number of hydrogen-bond acceptors (Lipinski definition) is 3. The Hall–Kier alpha value is -2.88. The number of nitrogen functional groups attached to an aromatic ring is 1. The van der Waals surface area contributed by atoms with Gasteiger partial charge in [-0.2, -0.15) is 0 Å². The lowest BCUT2D eigenvalue weighted by Gasteiger charge is -2.08. The van der Waals surface area contributed by atoms with Gasteiger partial charge < -0.3 is 10.5 Å². The molecule has 0 atom stereocenters. The monoisotopic (exact) mass is 280 g/mol. The van der Waals surface area contributed by atoms with Crippen molar-refractivity contribution in [2.75, 3.05) is 5.73 Å². The molecule has 3 aromatic rings. The van der Waals surface area contributed by atoms with Gasteiger partial charge in [-0.25, -0.2) is 4.39 Å². The molecular formula is C17H13FN2O. The molecule has 0 saturated heterocycles. The van der Waals surface area contributed by atoms with Crippen LogP contribution in [0.4, 0.5) is 10.1 Å². The summed E-state index contributed by atoms with van der Waals surface area (Å²) < 4.78 is 19.2. The van der Waals surface area contributed by atoms with E-state index < -0.39 is 5.82 Å². The lowest BCUT2D eigenvalue weighted by molar-refractivity contribution is 0.442. The summed E-state index contributed by atoms with van der Waals surface area (Å²) in [5.74, 6) is 0.232. The average Bonchev–Trinajstić information content (AvgIpc) is 2.52. The van der Waals surface area contributed by atoms with Gasteiger partial charge in [-0.1, -0.05) is 18.2 Å². The quantitative estimate of drug-likeness (QED) is 0.729. The second-order valence-corrected chi connectivity index (χ2v) is 4.56. The largest absolute Gasteiger partial charge is 0.454 e. The molecule has 3 nitrogen and oxygen atoms in total. The number of rotatable bonds is 3. The first kappa shape index (κ1) is 13.1. The van der Waals surface area contributed by atoms with Gasteiger partial charge in [-0.3, -0.25) is 4.98 Å². The van der Waals surface area contributed by atoms with Gasteiger partial charge in [0.05, 0.1) is 0 Å². The van der Waals surface area contributed by atoms with Crippen molar-refractivity contribution < 1.29 is 9.13 Å². The maximum atomic E-state index is 13.7. The molecule has 0 radical (unpaired) electrons. The minimum Gasteiger partial charge on any atom is -0.454 e. The molecule has 2 aromatic carbocycles. The topological polar surface area (TPSA) is 48.1 Å². The first-order valence-corrected chi connectivity index (χ1v) is 6.46. The molecule has 0 aliphatic carbocycles. The molecule has 1 heterocycles. The Morgan fingerprint density at radius 2 is 1.76 bits per heavy atom. The molecule has 1 aromatic heterocycles. The van der Waals surface area contributed by atoms with Crippen LogP contribution in [-0.4, -0.2) is 4.98 Å². The van der Waals surface area contributed by atoms with E-state index in [1.165, 1.54) is 12.1 Å². The van der Waals surface area contributed by atoms with Crippen molar-refractivity contribution in [1.82, 2.24) is 4.98 Å². The predicted octanol–water partition coefficient (Wildman–Crippen LogP) is 4.26. The highest BCUT2D eigenvalue weighted by atomic mass is 19.1. The number of aromatic nitrogens is 1. The van der Waals surface area contributed by atoms with E-state index in [1.54, 1.807) is 30.6 Å². The molecule has 0 saturated carbocycles. The van der Waals surface area contributed by atoms with Gasteiger partial charge in [0.2, 0.25) is 0 Å². The van der Waals surface area contributed by atoms with E-state index in [2.05, 4.69) is 4.98 Å². The minimum atomic E-state index is -0.480. The summed E-state index contributed by atoms with van der Waals surface area (Å²) in [4.78, 5) is 4.08. The second kappa shape index (κ2) is 5.63. The molecule has 0 fully saturated rings. The zero-order valence-corrected chi connectivity index (χ0v) is 11.2. The fraction of sp³-hybridized carbons (Fsp3) is 0. The highest BCUT2D eigenvalue weighted by Crippen LogP contribution is 2.28. The van der Waals surface area contributed by atoms with E-state index in [-0.39, 0.29) is 5.75 Å². The van der Waals surface area contributed by atoms with Crippen LogP contribution < -0.4 is 10.5 Å². The Balaban J connectivity index is 1.81. The van der Waals surface area contributed by atoms with Gasteiger partial charge in [0, 0.05) is 24.1 Å². The lowest BCUT2D eigenvalue weighted by Crippen LogP contribution is -1.91. The molecule has 2 N–H and O–H groups in total. The molecule has 104 valence electrons. The van der Waals surface area contributed by atoms with Gasteiger partial charge in [0.25, 0.3) is 0 Å². The zero-order chi connectivity index (χ0) is 14.7. The van der Waals surface area contributed by atoms with Gasteiger partial charge >= 0.3 is 0 Å². The SMILES string of the molecule is Nc1ccc(Oc2ccc(-c3cccnc3)cc2)c(F)c1. The molecular weight excluding hydrogens is 267 g/mol. The van der Waals surface area contributed by atoms with E-state index in [0.29, 0.717) is 11.4 Å². The maximum Gasteiger partial charge on any atom is 0.167 e. The highest BCUT2D eigenvalue weighted by molar-refractivity contribution is 5.63. The standard InChI is InChI=1S/C17H13FN2O/c18-16-10-14(19)5-8-17(16)21-15-6-3-12(4-7-15)13-2-1-9-20-11-13/h1-11H,19H2. The Labute approximate surface area is 121 Å². The van der Waals surface area contributed by atoms with Crippen LogP contribution in [0.25, 0.3) is 11.1 Å². The number of pyridine rings is 1. The number of ether oxygens (including phenoxy) is 1. The van der Waals surface area contributed by atoms with E-state index in [0.717, 1.165) is 11.1 Å². The van der Waals surface area contributed by atoms with Crippen LogP contribution in [0.3, 0.4) is 0 Å². The molecule has 0 spiro atoms. The number of benzene rings is 2. The number of nitrogens with zero attached hydrogens (tertiary/aromatic N) is 1. The summed E-state index contributed by atoms with van der Waals surface area (Å²) in [5.41, 5.74) is 7.91. The van der Waals surface area contributed by atoms with Crippen LogP contribution >= 0.6 is 0 Å². The summed E-state index contributed by atoms with van der Waals surface area (Å²) in [6.45, 7) is 0. The summed E-state index contributed by atoms with van der Waals surface area (Å²) in [7, 11) is 0.